The second-order valence-corrected chi connectivity index (χ2v) is 4.23. The minimum Gasteiger partial charge on any atom is -0.371 e. The maximum absolute atomic E-state index is 8.86. The predicted molar refractivity (Wildman–Crippen MR) is 70.9 cm³/mol. The molecule has 0 saturated heterocycles. The molecule has 0 spiro atoms. The fourth-order valence-electron chi connectivity index (χ4n) is 1.95. The van der Waals surface area contributed by atoms with Crippen molar-refractivity contribution in [2.75, 3.05) is 18.0 Å². The fourth-order valence-corrected chi connectivity index (χ4v) is 1.95. The molecule has 1 heterocycles. The topological polar surface area (TPSA) is 39.9 Å². The third-order valence-corrected chi connectivity index (χ3v) is 3.24. The standard InChI is InChI=1S/C14H21N3/c1-4-12(5-2)11-17(6-3)14-7-8-16-13(9-14)10-15/h7-9,12H,4-6,11H2,1-3H3. The van der Waals surface area contributed by atoms with E-state index in [4.69, 9.17) is 5.26 Å². The zero-order valence-electron chi connectivity index (χ0n) is 11.0. The van der Waals surface area contributed by atoms with E-state index in [0.717, 1.165) is 18.8 Å². The average Bonchev–Trinajstić information content (AvgIpc) is 2.40. The van der Waals surface area contributed by atoms with Crippen LogP contribution in [0.1, 0.15) is 39.3 Å². The Morgan fingerprint density at radius 2 is 2.06 bits per heavy atom. The molecule has 0 N–H and O–H groups in total. The highest BCUT2D eigenvalue weighted by atomic mass is 15.1. The van der Waals surface area contributed by atoms with Crippen LogP contribution in [0.3, 0.4) is 0 Å². The van der Waals surface area contributed by atoms with Gasteiger partial charge in [-0.25, -0.2) is 4.98 Å². The van der Waals surface area contributed by atoms with Gasteiger partial charge in [-0.3, -0.25) is 0 Å². The van der Waals surface area contributed by atoms with Crippen molar-refractivity contribution in [2.45, 2.75) is 33.6 Å². The normalized spacial score (nSPS) is 10.3. The van der Waals surface area contributed by atoms with Crippen LogP contribution in [0.4, 0.5) is 5.69 Å². The molecule has 0 amide bonds. The zero-order valence-corrected chi connectivity index (χ0v) is 11.0. The maximum atomic E-state index is 8.86. The second kappa shape index (κ2) is 6.90. The van der Waals surface area contributed by atoms with Crippen molar-refractivity contribution < 1.29 is 0 Å². The summed E-state index contributed by atoms with van der Waals surface area (Å²) in [5, 5.41) is 8.86. The van der Waals surface area contributed by atoms with E-state index in [0.29, 0.717) is 11.6 Å². The van der Waals surface area contributed by atoms with Gasteiger partial charge < -0.3 is 4.90 Å². The molecule has 0 aromatic carbocycles. The number of aromatic nitrogens is 1. The molecular formula is C14H21N3. The number of hydrogen-bond donors (Lipinski definition) is 0. The first-order valence-electron chi connectivity index (χ1n) is 6.36. The van der Waals surface area contributed by atoms with Gasteiger partial charge in [0.1, 0.15) is 11.8 Å². The number of nitrogens with zero attached hydrogens (tertiary/aromatic N) is 3. The SMILES string of the molecule is CCC(CC)CN(CC)c1ccnc(C#N)c1. The Balaban J connectivity index is 2.82. The molecule has 3 nitrogen and oxygen atoms in total. The van der Waals surface area contributed by atoms with Crippen molar-refractivity contribution in [2.24, 2.45) is 5.92 Å². The molecule has 92 valence electrons. The molecule has 1 aromatic heterocycles. The number of hydrogen-bond acceptors (Lipinski definition) is 3. The Kier molecular flexibility index (Phi) is 5.48. The van der Waals surface area contributed by atoms with E-state index in [1.807, 2.05) is 12.1 Å². The van der Waals surface area contributed by atoms with Crippen molar-refractivity contribution in [1.82, 2.24) is 4.98 Å². The first-order valence-corrected chi connectivity index (χ1v) is 6.36. The van der Waals surface area contributed by atoms with Crippen LogP contribution in [-0.4, -0.2) is 18.1 Å². The predicted octanol–water partition coefficient (Wildman–Crippen LogP) is 3.22. The Hall–Kier alpha value is -1.56. The maximum Gasteiger partial charge on any atom is 0.142 e. The summed E-state index contributed by atoms with van der Waals surface area (Å²) in [4.78, 5) is 6.33. The van der Waals surface area contributed by atoms with Crippen LogP contribution in [0.25, 0.3) is 0 Å². The first kappa shape index (κ1) is 13.5. The van der Waals surface area contributed by atoms with Gasteiger partial charge in [-0.05, 0) is 25.0 Å². The van der Waals surface area contributed by atoms with Crippen LogP contribution in [0.5, 0.6) is 0 Å². The van der Waals surface area contributed by atoms with Gasteiger partial charge in [-0.2, -0.15) is 5.26 Å². The molecule has 3 heteroatoms. The van der Waals surface area contributed by atoms with E-state index >= 15 is 0 Å². The smallest absolute Gasteiger partial charge is 0.142 e. The van der Waals surface area contributed by atoms with E-state index < -0.39 is 0 Å². The van der Waals surface area contributed by atoms with Gasteiger partial charge in [0.15, 0.2) is 0 Å². The lowest BCUT2D eigenvalue weighted by atomic mass is 10.0. The molecule has 0 atom stereocenters. The molecule has 0 fully saturated rings. The number of rotatable bonds is 6. The van der Waals surface area contributed by atoms with Crippen molar-refractivity contribution in [3.63, 3.8) is 0 Å². The van der Waals surface area contributed by atoms with Gasteiger partial charge in [0.05, 0.1) is 0 Å². The quantitative estimate of drug-likeness (QED) is 0.754. The highest BCUT2D eigenvalue weighted by molar-refractivity contribution is 5.48. The Morgan fingerprint density at radius 3 is 2.59 bits per heavy atom. The minimum atomic E-state index is 0.491. The molecule has 0 saturated carbocycles. The summed E-state index contributed by atoms with van der Waals surface area (Å²) in [5.41, 5.74) is 1.59. The highest BCUT2D eigenvalue weighted by Gasteiger charge is 2.11. The minimum absolute atomic E-state index is 0.491. The first-order chi connectivity index (χ1) is 8.24. The van der Waals surface area contributed by atoms with Crippen LogP contribution >= 0.6 is 0 Å². The summed E-state index contributed by atoms with van der Waals surface area (Å²) in [6, 6.07) is 5.94. The van der Waals surface area contributed by atoms with Crippen molar-refractivity contribution in [3.8, 4) is 6.07 Å². The van der Waals surface area contributed by atoms with E-state index in [2.05, 4.69) is 36.7 Å². The molecule has 0 bridgehead atoms. The summed E-state index contributed by atoms with van der Waals surface area (Å²) in [7, 11) is 0. The molecule has 1 aromatic rings. The lowest BCUT2D eigenvalue weighted by molar-refractivity contribution is 0.486. The van der Waals surface area contributed by atoms with Gasteiger partial charge in [0.25, 0.3) is 0 Å². The largest absolute Gasteiger partial charge is 0.371 e. The van der Waals surface area contributed by atoms with E-state index in [9.17, 15) is 0 Å². The van der Waals surface area contributed by atoms with Gasteiger partial charge in [0, 0.05) is 25.0 Å². The van der Waals surface area contributed by atoms with Gasteiger partial charge in [0.2, 0.25) is 0 Å². The van der Waals surface area contributed by atoms with E-state index in [1.54, 1.807) is 6.20 Å². The lowest BCUT2D eigenvalue weighted by Crippen LogP contribution is -2.29. The van der Waals surface area contributed by atoms with Crippen molar-refractivity contribution in [3.05, 3.63) is 24.0 Å². The summed E-state index contributed by atoms with van der Waals surface area (Å²) >= 11 is 0. The molecule has 0 radical (unpaired) electrons. The Morgan fingerprint density at radius 1 is 1.35 bits per heavy atom. The van der Waals surface area contributed by atoms with Crippen LogP contribution in [0.15, 0.2) is 18.3 Å². The zero-order chi connectivity index (χ0) is 12.7. The molecular weight excluding hydrogens is 210 g/mol. The molecule has 0 unspecified atom stereocenters. The van der Waals surface area contributed by atoms with Crippen LogP contribution < -0.4 is 4.90 Å². The van der Waals surface area contributed by atoms with Crippen molar-refractivity contribution in [1.29, 1.82) is 5.26 Å². The third kappa shape index (κ3) is 3.74. The highest BCUT2D eigenvalue weighted by Crippen LogP contribution is 2.18. The molecule has 0 aliphatic carbocycles. The van der Waals surface area contributed by atoms with Gasteiger partial charge in [-0.1, -0.05) is 26.7 Å². The summed E-state index contributed by atoms with van der Waals surface area (Å²) in [5.74, 6) is 0.716. The second-order valence-electron chi connectivity index (χ2n) is 4.23. The summed E-state index contributed by atoms with van der Waals surface area (Å²) in [6.07, 6.45) is 4.11. The molecule has 17 heavy (non-hydrogen) atoms. The van der Waals surface area contributed by atoms with Crippen molar-refractivity contribution >= 4 is 5.69 Å². The Bertz CT molecular complexity index is 377. The summed E-state index contributed by atoms with van der Waals surface area (Å²) in [6.45, 7) is 8.63. The van der Waals surface area contributed by atoms with Crippen LogP contribution in [0, 0.1) is 17.2 Å². The number of pyridine rings is 1. The molecule has 0 aliphatic rings. The number of anilines is 1. The fraction of sp³-hybridized carbons (Fsp3) is 0.571. The monoisotopic (exact) mass is 231 g/mol. The van der Waals surface area contributed by atoms with Crippen LogP contribution in [-0.2, 0) is 0 Å². The molecule has 0 aliphatic heterocycles. The third-order valence-electron chi connectivity index (χ3n) is 3.24. The average molecular weight is 231 g/mol. The molecule has 1 rings (SSSR count). The number of nitriles is 1. The van der Waals surface area contributed by atoms with E-state index in [-0.39, 0.29) is 0 Å². The van der Waals surface area contributed by atoms with Gasteiger partial charge >= 0.3 is 0 Å². The lowest BCUT2D eigenvalue weighted by Gasteiger charge is -2.27. The summed E-state index contributed by atoms with van der Waals surface area (Å²) < 4.78 is 0. The van der Waals surface area contributed by atoms with Crippen LogP contribution in [0.2, 0.25) is 0 Å². The Labute approximate surface area is 104 Å². The van der Waals surface area contributed by atoms with Gasteiger partial charge in [-0.15, -0.1) is 0 Å². The van der Waals surface area contributed by atoms with E-state index in [1.165, 1.54) is 12.8 Å².